The predicted molar refractivity (Wildman–Crippen MR) is 81.9 cm³/mol. The Hall–Kier alpha value is -1.87. The summed E-state index contributed by atoms with van der Waals surface area (Å²) in [6, 6.07) is 12.5. The summed E-state index contributed by atoms with van der Waals surface area (Å²) >= 11 is 0. The molecule has 2 rings (SSSR count). The molecule has 0 atom stereocenters. The fraction of sp³-hybridized carbons (Fsp3) is 0.353. The summed E-state index contributed by atoms with van der Waals surface area (Å²) in [7, 11) is 1.91. The van der Waals surface area contributed by atoms with Gasteiger partial charge in [-0.1, -0.05) is 31.2 Å². The minimum absolute atomic E-state index is 0.575. The van der Waals surface area contributed by atoms with Crippen LogP contribution in [0, 0.1) is 6.92 Å². The molecule has 1 aromatic heterocycles. The molecule has 0 spiro atoms. The first-order valence-electron chi connectivity index (χ1n) is 7.04. The monoisotopic (exact) mass is 270 g/mol. The predicted octanol–water partition coefficient (Wildman–Crippen LogP) is 3.25. The number of hydrogen-bond acceptors (Lipinski definition) is 3. The third kappa shape index (κ3) is 3.81. The summed E-state index contributed by atoms with van der Waals surface area (Å²) in [6.07, 6.45) is 1.06. The Labute approximate surface area is 121 Å². The van der Waals surface area contributed by atoms with Crippen molar-refractivity contribution < 1.29 is 4.74 Å². The van der Waals surface area contributed by atoms with Crippen LogP contribution in [-0.2, 0) is 19.6 Å². The van der Waals surface area contributed by atoms with Crippen LogP contribution < -0.4 is 10.1 Å². The summed E-state index contributed by atoms with van der Waals surface area (Å²) < 4.78 is 5.90. The number of nitrogens with one attached hydrogen (secondary N) is 1. The standard InChI is InChI=1S/C17H22N2O/c1-4-14-6-8-15(9-7-14)12-20-17-10-5-13(2)19-16(17)11-18-3/h5-10,18H,4,11-12H2,1-3H3. The zero-order valence-corrected chi connectivity index (χ0v) is 12.4. The SMILES string of the molecule is CCc1ccc(COc2ccc(C)nc2CNC)cc1. The van der Waals surface area contributed by atoms with Crippen molar-refractivity contribution in [2.75, 3.05) is 7.05 Å². The van der Waals surface area contributed by atoms with E-state index < -0.39 is 0 Å². The molecule has 1 N–H and O–H groups in total. The Balaban J connectivity index is 2.05. The van der Waals surface area contributed by atoms with Gasteiger partial charge in [-0.25, -0.2) is 0 Å². The van der Waals surface area contributed by atoms with Gasteiger partial charge in [0, 0.05) is 12.2 Å². The quantitative estimate of drug-likeness (QED) is 0.875. The van der Waals surface area contributed by atoms with Crippen LogP contribution in [0.1, 0.15) is 29.4 Å². The highest BCUT2D eigenvalue weighted by atomic mass is 16.5. The maximum Gasteiger partial charge on any atom is 0.142 e. The van der Waals surface area contributed by atoms with Gasteiger partial charge >= 0.3 is 0 Å². The van der Waals surface area contributed by atoms with E-state index in [1.807, 2.05) is 26.1 Å². The van der Waals surface area contributed by atoms with Crippen molar-refractivity contribution in [2.45, 2.75) is 33.4 Å². The molecule has 20 heavy (non-hydrogen) atoms. The van der Waals surface area contributed by atoms with Crippen molar-refractivity contribution in [1.82, 2.24) is 10.3 Å². The number of hydrogen-bond donors (Lipinski definition) is 1. The smallest absolute Gasteiger partial charge is 0.142 e. The molecule has 1 aromatic carbocycles. The minimum atomic E-state index is 0.575. The van der Waals surface area contributed by atoms with Crippen LogP contribution in [0.5, 0.6) is 5.75 Å². The molecule has 106 valence electrons. The molecule has 0 radical (unpaired) electrons. The van der Waals surface area contributed by atoms with Crippen molar-refractivity contribution in [2.24, 2.45) is 0 Å². The fourth-order valence-electron chi connectivity index (χ4n) is 2.06. The normalized spacial score (nSPS) is 10.6. The summed E-state index contributed by atoms with van der Waals surface area (Å²) in [5.41, 5.74) is 4.49. The van der Waals surface area contributed by atoms with Crippen LogP contribution in [-0.4, -0.2) is 12.0 Å². The molecular formula is C17H22N2O. The number of ether oxygens (including phenoxy) is 1. The second-order valence-electron chi connectivity index (χ2n) is 4.89. The van der Waals surface area contributed by atoms with Gasteiger partial charge in [0.25, 0.3) is 0 Å². The summed E-state index contributed by atoms with van der Waals surface area (Å²) in [5, 5.41) is 3.12. The maximum absolute atomic E-state index is 5.90. The van der Waals surface area contributed by atoms with E-state index in [0.717, 1.165) is 23.6 Å². The maximum atomic E-state index is 5.90. The van der Waals surface area contributed by atoms with Crippen LogP contribution in [0.3, 0.4) is 0 Å². The van der Waals surface area contributed by atoms with Gasteiger partial charge in [0.2, 0.25) is 0 Å². The van der Waals surface area contributed by atoms with E-state index in [9.17, 15) is 0 Å². The van der Waals surface area contributed by atoms with Gasteiger partial charge < -0.3 is 10.1 Å². The van der Waals surface area contributed by atoms with Gasteiger partial charge in [-0.2, -0.15) is 0 Å². The van der Waals surface area contributed by atoms with Crippen molar-refractivity contribution in [3.63, 3.8) is 0 Å². The lowest BCUT2D eigenvalue weighted by atomic mass is 10.1. The van der Waals surface area contributed by atoms with Gasteiger partial charge in [-0.05, 0) is 43.7 Å². The molecule has 0 aliphatic carbocycles. The topological polar surface area (TPSA) is 34.1 Å². The lowest BCUT2D eigenvalue weighted by molar-refractivity contribution is 0.300. The molecule has 0 saturated carbocycles. The van der Waals surface area contributed by atoms with Gasteiger partial charge in [-0.3, -0.25) is 4.98 Å². The molecule has 0 aliphatic heterocycles. The Bertz CT molecular complexity index is 549. The molecule has 0 saturated heterocycles. The molecule has 3 heteroatoms. The highest BCUT2D eigenvalue weighted by Gasteiger charge is 2.05. The molecular weight excluding hydrogens is 248 g/mol. The van der Waals surface area contributed by atoms with Crippen molar-refractivity contribution >= 4 is 0 Å². The fourth-order valence-corrected chi connectivity index (χ4v) is 2.06. The number of aromatic nitrogens is 1. The first kappa shape index (κ1) is 14.5. The van der Waals surface area contributed by atoms with Gasteiger partial charge in [0.05, 0.1) is 5.69 Å². The van der Waals surface area contributed by atoms with Crippen LogP contribution in [0.2, 0.25) is 0 Å². The van der Waals surface area contributed by atoms with E-state index >= 15 is 0 Å². The van der Waals surface area contributed by atoms with E-state index in [4.69, 9.17) is 4.74 Å². The molecule has 0 unspecified atom stereocenters. The van der Waals surface area contributed by atoms with Crippen LogP contribution in [0.4, 0.5) is 0 Å². The molecule has 0 amide bonds. The molecule has 0 fully saturated rings. The number of aryl methyl sites for hydroxylation is 2. The Morgan fingerprint density at radius 3 is 2.40 bits per heavy atom. The van der Waals surface area contributed by atoms with E-state index in [2.05, 4.69) is 41.5 Å². The zero-order valence-electron chi connectivity index (χ0n) is 12.4. The molecule has 0 aliphatic rings. The number of nitrogens with zero attached hydrogens (tertiary/aromatic N) is 1. The van der Waals surface area contributed by atoms with Gasteiger partial charge in [0.1, 0.15) is 12.4 Å². The van der Waals surface area contributed by atoms with E-state index in [1.54, 1.807) is 0 Å². The second kappa shape index (κ2) is 7.06. The van der Waals surface area contributed by atoms with E-state index in [0.29, 0.717) is 13.2 Å². The van der Waals surface area contributed by atoms with Crippen LogP contribution in [0.25, 0.3) is 0 Å². The average Bonchev–Trinajstić information content (AvgIpc) is 2.47. The Kier molecular flexibility index (Phi) is 5.13. The Morgan fingerprint density at radius 1 is 1.05 bits per heavy atom. The van der Waals surface area contributed by atoms with E-state index in [-0.39, 0.29) is 0 Å². The lowest BCUT2D eigenvalue weighted by Crippen LogP contribution is -2.10. The summed E-state index contributed by atoms with van der Waals surface area (Å²) in [6.45, 7) is 5.44. The van der Waals surface area contributed by atoms with Gasteiger partial charge in [-0.15, -0.1) is 0 Å². The van der Waals surface area contributed by atoms with Crippen LogP contribution in [0.15, 0.2) is 36.4 Å². The van der Waals surface area contributed by atoms with Crippen LogP contribution >= 0.6 is 0 Å². The first-order chi connectivity index (χ1) is 9.72. The highest BCUT2D eigenvalue weighted by Crippen LogP contribution is 2.18. The van der Waals surface area contributed by atoms with Crippen molar-refractivity contribution in [3.05, 3.63) is 58.9 Å². The van der Waals surface area contributed by atoms with Crippen molar-refractivity contribution in [3.8, 4) is 5.75 Å². The van der Waals surface area contributed by atoms with E-state index in [1.165, 1.54) is 11.1 Å². The third-order valence-electron chi connectivity index (χ3n) is 3.24. The molecule has 1 heterocycles. The van der Waals surface area contributed by atoms with Gasteiger partial charge in [0.15, 0.2) is 0 Å². The average molecular weight is 270 g/mol. The minimum Gasteiger partial charge on any atom is -0.487 e. The Morgan fingerprint density at radius 2 is 1.75 bits per heavy atom. The number of pyridine rings is 1. The highest BCUT2D eigenvalue weighted by molar-refractivity contribution is 5.30. The zero-order chi connectivity index (χ0) is 14.4. The third-order valence-corrected chi connectivity index (χ3v) is 3.24. The first-order valence-corrected chi connectivity index (χ1v) is 7.04. The molecule has 2 aromatic rings. The number of rotatable bonds is 6. The second-order valence-corrected chi connectivity index (χ2v) is 4.89. The summed E-state index contributed by atoms with van der Waals surface area (Å²) in [4.78, 5) is 4.52. The van der Waals surface area contributed by atoms with Crippen molar-refractivity contribution in [1.29, 1.82) is 0 Å². The summed E-state index contributed by atoms with van der Waals surface area (Å²) in [5.74, 6) is 0.851. The molecule has 0 bridgehead atoms. The number of benzene rings is 1. The molecule has 3 nitrogen and oxygen atoms in total. The lowest BCUT2D eigenvalue weighted by Gasteiger charge is -2.11. The largest absolute Gasteiger partial charge is 0.487 e.